The van der Waals surface area contributed by atoms with Crippen LogP contribution >= 0.6 is 11.8 Å². The number of hydrogen-bond acceptors (Lipinski definition) is 3. The molecule has 1 fully saturated rings. The second-order valence-corrected chi connectivity index (χ2v) is 6.92. The zero-order chi connectivity index (χ0) is 16.1. The van der Waals surface area contributed by atoms with Crippen LogP contribution in [0.5, 0.6) is 0 Å². The Hall–Kier alpha value is -1.49. The minimum atomic E-state index is 0.0752. The number of rotatable bonds is 4. The Balaban J connectivity index is 1.75. The number of likely N-dealkylation sites (tertiary alicyclic amines) is 1. The van der Waals surface area contributed by atoms with E-state index in [9.17, 15) is 9.59 Å². The summed E-state index contributed by atoms with van der Waals surface area (Å²) < 4.78 is 0. The molecule has 1 heterocycles. The number of aryl methyl sites for hydroxylation is 2. The summed E-state index contributed by atoms with van der Waals surface area (Å²) in [7, 11) is 0. The molecule has 4 nitrogen and oxygen atoms in total. The van der Waals surface area contributed by atoms with Crippen molar-refractivity contribution < 1.29 is 9.59 Å². The van der Waals surface area contributed by atoms with Gasteiger partial charge in [0.1, 0.15) is 0 Å². The van der Waals surface area contributed by atoms with E-state index >= 15 is 0 Å². The third-order valence-electron chi connectivity index (χ3n) is 3.99. The van der Waals surface area contributed by atoms with Gasteiger partial charge in [-0.1, -0.05) is 17.7 Å². The van der Waals surface area contributed by atoms with Gasteiger partial charge in [-0.2, -0.15) is 0 Å². The van der Waals surface area contributed by atoms with Crippen molar-refractivity contribution in [1.82, 2.24) is 10.2 Å². The summed E-state index contributed by atoms with van der Waals surface area (Å²) in [5.74, 6) is 0.637. The van der Waals surface area contributed by atoms with Crippen LogP contribution in [0.25, 0.3) is 0 Å². The van der Waals surface area contributed by atoms with Crippen LogP contribution in [-0.4, -0.2) is 41.6 Å². The number of carbonyl (C=O) groups excluding carboxylic acids is 2. The lowest BCUT2D eigenvalue weighted by Crippen LogP contribution is -2.46. The van der Waals surface area contributed by atoms with Crippen LogP contribution in [0.2, 0.25) is 0 Å². The van der Waals surface area contributed by atoms with Gasteiger partial charge in [0.05, 0.1) is 5.75 Å². The Morgan fingerprint density at radius 3 is 2.55 bits per heavy atom. The second kappa shape index (κ2) is 7.68. The molecule has 22 heavy (non-hydrogen) atoms. The van der Waals surface area contributed by atoms with Gasteiger partial charge in [-0.3, -0.25) is 9.59 Å². The molecule has 0 radical (unpaired) electrons. The quantitative estimate of drug-likeness (QED) is 0.867. The monoisotopic (exact) mass is 320 g/mol. The molecule has 2 amide bonds. The van der Waals surface area contributed by atoms with E-state index in [0.29, 0.717) is 5.75 Å². The SMILES string of the molecule is CC(=O)N1CCC(NC(=O)CSc2ccc(C)cc2C)CC1. The van der Waals surface area contributed by atoms with Gasteiger partial charge in [0.25, 0.3) is 0 Å². The molecule has 0 aromatic heterocycles. The maximum absolute atomic E-state index is 12.1. The molecular weight excluding hydrogens is 296 g/mol. The van der Waals surface area contributed by atoms with Crippen molar-refractivity contribution in [3.63, 3.8) is 0 Å². The Labute approximate surface area is 136 Å². The lowest BCUT2D eigenvalue weighted by molar-refractivity contribution is -0.130. The number of amides is 2. The molecule has 0 saturated carbocycles. The third-order valence-corrected chi connectivity index (χ3v) is 5.17. The number of piperidine rings is 1. The Morgan fingerprint density at radius 2 is 1.95 bits per heavy atom. The van der Waals surface area contributed by atoms with Gasteiger partial charge in [0, 0.05) is 31.0 Å². The van der Waals surface area contributed by atoms with E-state index in [2.05, 4.69) is 37.4 Å². The van der Waals surface area contributed by atoms with E-state index in [0.717, 1.165) is 30.8 Å². The average Bonchev–Trinajstić information content (AvgIpc) is 2.47. The molecule has 0 aliphatic carbocycles. The minimum Gasteiger partial charge on any atom is -0.353 e. The largest absolute Gasteiger partial charge is 0.353 e. The second-order valence-electron chi connectivity index (χ2n) is 5.91. The summed E-state index contributed by atoms with van der Waals surface area (Å²) in [5, 5.41) is 3.08. The molecule has 1 aromatic carbocycles. The van der Waals surface area contributed by atoms with Gasteiger partial charge < -0.3 is 10.2 Å². The number of nitrogens with one attached hydrogen (secondary N) is 1. The maximum atomic E-state index is 12.1. The van der Waals surface area contributed by atoms with Gasteiger partial charge in [0.15, 0.2) is 0 Å². The van der Waals surface area contributed by atoms with E-state index < -0.39 is 0 Å². The van der Waals surface area contributed by atoms with E-state index in [1.165, 1.54) is 11.1 Å². The Bertz CT molecular complexity index is 552. The van der Waals surface area contributed by atoms with Gasteiger partial charge >= 0.3 is 0 Å². The first kappa shape index (κ1) is 16.9. The number of thioether (sulfide) groups is 1. The van der Waals surface area contributed by atoms with Crippen LogP contribution in [0, 0.1) is 13.8 Å². The number of carbonyl (C=O) groups is 2. The lowest BCUT2D eigenvalue weighted by Gasteiger charge is -2.31. The molecule has 1 aromatic rings. The summed E-state index contributed by atoms with van der Waals surface area (Å²) in [6, 6.07) is 6.49. The summed E-state index contributed by atoms with van der Waals surface area (Å²) in [5.41, 5.74) is 2.45. The maximum Gasteiger partial charge on any atom is 0.230 e. The van der Waals surface area contributed by atoms with Crippen molar-refractivity contribution >= 4 is 23.6 Å². The third kappa shape index (κ3) is 4.77. The van der Waals surface area contributed by atoms with Crippen LogP contribution in [-0.2, 0) is 9.59 Å². The van der Waals surface area contributed by atoms with E-state index in [-0.39, 0.29) is 17.9 Å². The van der Waals surface area contributed by atoms with Crippen molar-refractivity contribution in [3.8, 4) is 0 Å². The highest BCUT2D eigenvalue weighted by Gasteiger charge is 2.21. The van der Waals surface area contributed by atoms with Gasteiger partial charge in [0.2, 0.25) is 11.8 Å². The molecule has 0 spiro atoms. The van der Waals surface area contributed by atoms with Crippen LogP contribution in [0.3, 0.4) is 0 Å². The highest BCUT2D eigenvalue weighted by molar-refractivity contribution is 8.00. The molecule has 5 heteroatoms. The minimum absolute atomic E-state index is 0.0752. The van der Waals surface area contributed by atoms with Gasteiger partial charge in [-0.05, 0) is 38.3 Å². The normalized spacial score (nSPS) is 15.7. The van der Waals surface area contributed by atoms with Crippen molar-refractivity contribution in [2.75, 3.05) is 18.8 Å². The molecule has 1 saturated heterocycles. The molecular formula is C17H24N2O2S. The lowest BCUT2D eigenvalue weighted by atomic mass is 10.1. The predicted octanol–water partition coefficient (Wildman–Crippen LogP) is 2.52. The zero-order valence-corrected chi connectivity index (χ0v) is 14.3. The average molecular weight is 320 g/mol. The number of nitrogens with zero attached hydrogens (tertiary/aromatic N) is 1. The fourth-order valence-corrected chi connectivity index (χ4v) is 3.53. The van der Waals surface area contributed by atoms with Crippen molar-refractivity contribution in [2.24, 2.45) is 0 Å². The van der Waals surface area contributed by atoms with Crippen LogP contribution in [0.15, 0.2) is 23.1 Å². The highest BCUT2D eigenvalue weighted by Crippen LogP contribution is 2.23. The molecule has 2 rings (SSSR count). The van der Waals surface area contributed by atoms with Crippen molar-refractivity contribution in [1.29, 1.82) is 0 Å². The molecule has 1 aliphatic heterocycles. The van der Waals surface area contributed by atoms with E-state index in [1.807, 2.05) is 4.90 Å². The Morgan fingerprint density at radius 1 is 1.27 bits per heavy atom. The summed E-state index contributed by atoms with van der Waals surface area (Å²) in [6.07, 6.45) is 1.69. The molecule has 0 atom stereocenters. The Kier molecular flexibility index (Phi) is 5.89. The van der Waals surface area contributed by atoms with Gasteiger partial charge in [-0.25, -0.2) is 0 Å². The van der Waals surface area contributed by atoms with Crippen LogP contribution in [0.1, 0.15) is 30.9 Å². The standard InChI is InChI=1S/C17H24N2O2S/c1-12-4-5-16(13(2)10-12)22-11-17(21)18-15-6-8-19(9-7-15)14(3)20/h4-5,10,15H,6-9,11H2,1-3H3,(H,18,21). The van der Waals surface area contributed by atoms with E-state index in [4.69, 9.17) is 0 Å². The van der Waals surface area contributed by atoms with E-state index in [1.54, 1.807) is 18.7 Å². The first-order chi connectivity index (χ1) is 10.5. The molecule has 0 unspecified atom stereocenters. The zero-order valence-electron chi connectivity index (χ0n) is 13.5. The molecule has 120 valence electrons. The van der Waals surface area contributed by atoms with Crippen molar-refractivity contribution in [3.05, 3.63) is 29.3 Å². The topological polar surface area (TPSA) is 49.4 Å². The van der Waals surface area contributed by atoms with Gasteiger partial charge in [-0.15, -0.1) is 11.8 Å². The highest BCUT2D eigenvalue weighted by atomic mass is 32.2. The number of hydrogen-bond donors (Lipinski definition) is 1. The fourth-order valence-electron chi connectivity index (χ4n) is 2.71. The smallest absolute Gasteiger partial charge is 0.230 e. The molecule has 0 bridgehead atoms. The number of benzene rings is 1. The summed E-state index contributed by atoms with van der Waals surface area (Å²) >= 11 is 1.58. The fraction of sp³-hybridized carbons (Fsp3) is 0.529. The first-order valence-electron chi connectivity index (χ1n) is 7.70. The first-order valence-corrected chi connectivity index (χ1v) is 8.69. The summed E-state index contributed by atoms with van der Waals surface area (Å²) in [6.45, 7) is 7.22. The van der Waals surface area contributed by atoms with Crippen LogP contribution in [0.4, 0.5) is 0 Å². The van der Waals surface area contributed by atoms with Crippen LogP contribution < -0.4 is 5.32 Å². The summed E-state index contributed by atoms with van der Waals surface area (Å²) in [4.78, 5) is 26.3. The molecule has 1 aliphatic rings. The molecule has 1 N–H and O–H groups in total. The predicted molar refractivity (Wildman–Crippen MR) is 90.1 cm³/mol. The van der Waals surface area contributed by atoms with Crippen molar-refractivity contribution in [2.45, 2.75) is 44.6 Å².